The number of hydrogen-bond acceptors (Lipinski definition) is 3. The molecule has 13 heavy (non-hydrogen) atoms. The SMILES string of the molecule is COC(=O)NCCCCCC(=O)O. The van der Waals surface area contributed by atoms with Crippen LogP contribution in [0.4, 0.5) is 4.79 Å². The van der Waals surface area contributed by atoms with Crippen LogP contribution < -0.4 is 5.32 Å². The summed E-state index contributed by atoms with van der Waals surface area (Å²) in [4.78, 5) is 20.6. The number of unbranched alkanes of at least 4 members (excludes halogenated alkanes) is 2. The first-order valence-corrected chi connectivity index (χ1v) is 4.20. The molecule has 5 heteroatoms. The van der Waals surface area contributed by atoms with Crippen molar-refractivity contribution in [1.82, 2.24) is 5.32 Å². The Bertz CT molecular complexity index is 170. The second kappa shape index (κ2) is 7.39. The molecule has 0 aliphatic heterocycles. The van der Waals surface area contributed by atoms with Gasteiger partial charge in [-0.25, -0.2) is 4.79 Å². The van der Waals surface area contributed by atoms with Crippen molar-refractivity contribution in [3.63, 3.8) is 0 Å². The molecule has 0 unspecified atom stereocenters. The summed E-state index contributed by atoms with van der Waals surface area (Å²) in [5.41, 5.74) is 0. The van der Waals surface area contributed by atoms with E-state index in [4.69, 9.17) is 5.11 Å². The Balaban J connectivity index is 3.08. The minimum Gasteiger partial charge on any atom is -0.481 e. The van der Waals surface area contributed by atoms with Crippen LogP contribution in [-0.4, -0.2) is 30.8 Å². The van der Waals surface area contributed by atoms with Crippen molar-refractivity contribution in [2.24, 2.45) is 0 Å². The highest BCUT2D eigenvalue weighted by atomic mass is 16.5. The summed E-state index contributed by atoms with van der Waals surface area (Å²) in [6.07, 6.45) is 1.98. The topological polar surface area (TPSA) is 75.6 Å². The predicted molar refractivity (Wildman–Crippen MR) is 46.5 cm³/mol. The van der Waals surface area contributed by atoms with E-state index < -0.39 is 12.1 Å². The fourth-order valence-electron chi connectivity index (χ4n) is 0.841. The van der Waals surface area contributed by atoms with Gasteiger partial charge in [0.1, 0.15) is 0 Å². The van der Waals surface area contributed by atoms with Crippen LogP contribution in [0.3, 0.4) is 0 Å². The van der Waals surface area contributed by atoms with Gasteiger partial charge in [-0.2, -0.15) is 0 Å². The highest BCUT2D eigenvalue weighted by Gasteiger charge is 1.98. The summed E-state index contributed by atoms with van der Waals surface area (Å²) in [6, 6.07) is 0. The second-order valence-corrected chi connectivity index (χ2v) is 2.62. The Kier molecular flexibility index (Phi) is 6.68. The number of carboxylic acid groups (broad SMARTS) is 1. The average Bonchev–Trinajstić information content (AvgIpc) is 2.10. The lowest BCUT2D eigenvalue weighted by Crippen LogP contribution is -2.23. The maximum atomic E-state index is 10.5. The highest BCUT2D eigenvalue weighted by molar-refractivity contribution is 5.67. The quantitative estimate of drug-likeness (QED) is 0.611. The summed E-state index contributed by atoms with van der Waals surface area (Å²) in [7, 11) is 1.31. The van der Waals surface area contributed by atoms with E-state index in [0.29, 0.717) is 13.0 Å². The van der Waals surface area contributed by atoms with Crippen LogP contribution in [0, 0.1) is 0 Å². The summed E-state index contributed by atoms with van der Waals surface area (Å²) in [5.74, 6) is -0.777. The fraction of sp³-hybridized carbons (Fsp3) is 0.750. The number of aliphatic carboxylic acids is 1. The average molecular weight is 189 g/mol. The largest absolute Gasteiger partial charge is 0.481 e. The normalized spacial score (nSPS) is 9.31. The molecule has 0 radical (unpaired) electrons. The number of carbonyl (C=O) groups is 2. The number of rotatable bonds is 6. The molecule has 76 valence electrons. The third kappa shape index (κ3) is 8.65. The number of ether oxygens (including phenoxy) is 1. The van der Waals surface area contributed by atoms with E-state index in [9.17, 15) is 9.59 Å². The first-order valence-electron chi connectivity index (χ1n) is 4.20. The smallest absolute Gasteiger partial charge is 0.406 e. The zero-order valence-electron chi connectivity index (χ0n) is 7.71. The van der Waals surface area contributed by atoms with E-state index in [0.717, 1.165) is 12.8 Å². The van der Waals surface area contributed by atoms with Crippen LogP contribution in [0.2, 0.25) is 0 Å². The zero-order chi connectivity index (χ0) is 10.1. The number of methoxy groups -OCH3 is 1. The maximum absolute atomic E-state index is 10.5. The Morgan fingerprint density at radius 3 is 2.54 bits per heavy atom. The van der Waals surface area contributed by atoms with Gasteiger partial charge in [0.05, 0.1) is 7.11 Å². The van der Waals surface area contributed by atoms with Crippen LogP contribution >= 0.6 is 0 Å². The van der Waals surface area contributed by atoms with Crippen LogP contribution in [0.15, 0.2) is 0 Å². The number of hydrogen-bond donors (Lipinski definition) is 2. The van der Waals surface area contributed by atoms with Crippen LogP contribution in [0.5, 0.6) is 0 Å². The van der Waals surface area contributed by atoms with E-state index >= 15 is 0 Å². The number of nitrogens with one attached hydrogen (secondary N) is 1. The Morgan fingerprint density at radius 2 is 2.00 bits per heavy atom. The Labute approximate surface area is 77.1 Å². The summed E-state index contributed by atoms with van der Waals surface area (Å²) >= 11 is 0. The molecule has 5 nitrogen and oxygen atoms in total. The molecule has 0 heterocycles. The van der Waals surface area contributed by atoms with Gasteiger partial charge in [-0.3, -0.25) is 4.79 Å². The van der Waals surface area contributed by atoms with Gasteiger partial charge in [0.25, 0.3) is 0 Å². The Morgan fingerprint density at radius 1 is 1.31 bits per heavy atom. The maximum Gasteiger partial charge on any atom is 0.406 e. The van der Waals surface area contributed by atoms with E-state index in [-0.39, 0.29) is 6.42 Å². The number of carbonyl (C=O) groups excluding carboxylic acids is 1. The molecule has 0 aliphatic carbocycles. The lowest BCUT2D eigenvalue weighted by molar-refractivity contribution is -0.137. The van der Waals surface area contributed by atoms with Gasteiger partial charge in [-0.15, -0.1) is 0 Å². The van der Waals surface area contributed by atoms with E-state index in [1.54, 1.807) is 0 Å². The first kappa shape index (κ1) is 11.7. The molecule has 0 saturated carbocycles. The second-order valence-electron chi connectivity index (χ2n) is 2.62. The van der Waals surface area contributed by atoms with E-state index in [2.05, 4.69) is 10.1 Å². The molecule has 0 aromatic heterocycles. The molecule has 1 amide bonds. The third-order valence-electron chi connectivity index (χ3n) is 1.52. The van der Waals surface area contributed by atoms with Crippen molar-refractivity contribution in [3.8, 4) is 0 Å². The number of amides is 1. The molecule has 0 fully saturated rings. The summed E-state index contributed by atoms with van der Waals surface area (Å²) in [5, 5.41) is 10.8. The van der Waals surface area contributed by atoms with E-state index in [1.807, 2.05) is 0 Å². The molecule has 0 aliphatic rings. The van der Waals surface area contributed by atoms with Gasteiger partial charge in [-0.05, 0) is 12.8 Å². The van der Waals surface area contributed by atoms with Crippen molar-refractivity contribution in [3.05, 3.63) is 0 Å². The molecule has 0 bridgehead atoms. The van der Waals surface area contributed by atoms with Crippen LogP contribution in [0.1, 0.15) is 25.7 Å². The standard InChI is InChI=1S/C8H15NO4/c1-13-8(12)9-6-4-2-3-5-7(10)11/h2-6H2,1H3,(H,9,12)(H,10,11). The lowest BCUT2D eigenvalue weighted by atomic mass is 10.2. The zero-order valence-corrected chi connectivity index (χ0v) is 7.71. The molecule has 2 N–H and O–H groups in total. The lowest BCUT2D eigenvalue weighted by Gasteiger charge is -2.02. The van der Waals surface area contributed by atoms with Crippen molar-refractivity contribution in [2.45, 2.75) is 25.7 Å². The van der Waals surface area contributed by atoms with Crippen molar-refractivity contribution < 1.29 is 19.4 Å². The van der Waals surface area contributed by atoms with Crippen molar-refractivity contribution >= 4 is 12.1 Å². The minimum absolute atomic E-state index is 0.193. The van der Waals surface area contributed by atoms with Gasteiger partial charge in [0.15, 0.2) is 0 Å². The van der Waals surface area contributed by atoms with Gasteiger partial charge >= 0.3 is 12.1 Å². The number of alkyl carbamates (subject to hydrolysis) is 1. The fourth-order valence-corrected chi connectivity index (χ4v) is 0.841. The van der Waals surface area contributed by atoms with Gasteiger partial charge in [0, 0.05) is 13.0 Å². The molecule has 0 spiro atoms. The van der Waals surface area contributed by atoms with Gasteiger partial charge in [0.2, 0.25) is 0 Å². The molecular weight excluding hydrogens is 174 g/mol. The molecule has 0 aromatic rings. The molecule has 0 aromatic carbocycles. The van der Waals surface area contributed by atoms with Crippen LogP contribution in [0.25, 0.3) is 0 Å². The molecule has 0 atom stereocenters. The predicted octanol–water partition coefficient (Wildman–Crippen LogP) is 0.987. The van der Waals surface area contributed by atoms with Gasteiger partial charge < -0.3 is 15.2 Å². The molecule has 0 saturated heterocycles. The van der Waals surface area contributed by atoms with Crippen LogP contribution in [-0.2, 0) is 9.53 Å². The molecule has 0 rings (SSSR count). The minimum atomic E-state index is -0.777. The summed E-state index contributed by atoms with van der Waals surface area (Å²) in [6.45, 7) is 0.534. The highest BCUT2D eigenvalue weighted by Crippen LogP contribution is 1.98. The van der Waals surface area contributed by atoms with Crippen molar-refractivity contribution in [1.29, 1.82) is 0 Å². The van der Waals surface area contributed by atoms with E-state index in [1.165, 1.54) is 7.11 Å². The van der Waals surface area contributed by atoms with Crippen molar-refractivity contribution in [2.75, 3.05) is 13.7 Å². The number of carboxylic acids is 1. The first-order chi connectivity index (χ1) is 6.16. The Hall–Kier alpha value is -1.26. The molecular formula is C8H15NO4. The third-order valence-corrected chi connectivity index (χ3v) is 1.52. The van der Waals surface area contributed by atoms with Gasteiger partial charge in [-0.1, -0.05) is 6.42 Å². The summed E-state index contributed by atoms with van der Waals surface area (Å²) < 4.78 is 4.35. The monoisotopic (exact) mass is 189 g/mol.